The second-order valence-electron chi connectivity index (χ2n) is 8.28. The number of nitrogens with zero attached hydrogens (tertiary/aromatic N) is 2. The Labute approximate surface area is 224 Å². The lowest BCUT2D eigenvalue weighted by Gasteiger charge is -2.34. The van der Waals surface area contributed by atoms with Crippen molar-refractivity contribution in [3.05, 3.63) is 77.5 Å². The van der Waals surface area contributed by atoms with Crippen LogP contribution in [0.5, 0.6) is 5.75 Å². The molecule has 36 heavy (non-hydrogen) atoms. The number of allylic oxidation sites excluding steroid dienone is 1. The molecule has 0 saturated carbocycles. The van der Waals surface area contributed by atoms with Gasteiger partial charge in [0.15, 0.2) is 0 Å². The maximum atomic E-state index is 10.4. The van der Waals surface area contributed by atoms with Gasteiger partial charge in [0, 0.05) is 49.1 Å². The number of benzene rings is 2. The summed E-state index contributed by atoms with van der Waals surface area (Å²) in [5, 5.41) is 19.9. The van der Waals surface area contributed by atoms with E-state index in [4.69, 9.17) is 26.2 Å². The van der Waals surface area contributed by atoms with Crippen LogP contribution >= 0.6 is 12.6 Å². The predicted octanol–water partition coefficient (Wildman–Crippen LogP) is 3.45. The first kappa shape index (κ1) is 31.6. The first-order chi connectivity index (χ1) is 16.8. The summed E-state index contributed by atoms with van der Waals surface area (Å²) >= 11 is 3.53. The smallest absolute Gasteiger partial charge is 0.122 e. The summed E-state index contributed by atoms with van der Waals surface area (Å²) < 4.78 is 5.71. The fraction of sp³-hybridized carbons (Fsp3) is 0.370. The molecule has 0 fully saturated rings. The molecular weight excluding hydrogens is 468 g/mol. The number of aliphatic hydroxyl groups excluding tert-OH is 1. The Kier molecular flexibility index (Phi) is 13.7. The van der Waals surface area contributed by atoms with Crippen molar-refractivity contribution in [2.24, 2.45) is 10.7 Å². The van der Waals surface area contributed by atoms with Crippen LogP contribution in [0.2, 0.25) is 0 Å². The van der Waals surface area contributed by atoms with Crippen molar-refractivity contribution in [3.63, 3.8) is 0 Å². The molecule has 1 aliphatic rings. The van der Waals surface area contributed by atoms with E-state index in [1.165, 1.54) is 6.20 Å². The zero-order valence-electron chi connectivity index (χ0n) is 20.3. The molecular formula is C27H37B2N3O3S. The molecule has 0 aliphatic carbocycles. The van der Waals surface area contributed by atoms with Gasteiger partial charge in [0.2, 0.25) is 0 Å². The topological polar surface area (TPSA) is 91.3 Å². The van der Waals surface area contributed by atoms with Gasteiger partial charge in [-0.05, 0) is 48.9 Å². The van der Waals surface area contributed by atoms with Gasteiger partial charge in [-0.15, -0.1) is 0 Å². The molecule has 0 aromatic heterocycles. The van der Waals surface area contributed by atoms with Crippen molar-refractivity contribution in [2.45, 2.75) is 38.8 Å². The van der Waals surface area contributed by atoms with Crippen molar-refractivity contribution < 1.29 is 14.9 Å². The maximum absolute atomic E-state index is 10.4. The molecule has 1 aliphatic heterocycles. The van der Waals surface area contributed by atoms with E-state index in [-0.39, 0.29) is 14.0 Å². The molecule has 0 unspecified atom stereocenters. The van der Waals surface area contributed by atoms with Crippen molar-refractivity contribution in [1.82, 2.24) is 4.90 Å². The Balaban J connectivity index is 0.00000211. The molecule has 9 heteroatoms. The minimum Gasteiger partial charge on any atom is -0.510 e. The minimum atomic E-state index is -1.24. The van der Waals surface area contributed by atoms with Crippen molar-refractivity contribution in [1.29, 1.82) is 0 Å². The number of hydrogen-bond acceptors (Lipinski definition) is 7. The molecule has 1 atom stereocenters. The lowest BCUT2D eigenvalue weighted by atomic mass is 9.82. The van der Waals surface area contributed by atoms with Crippen LogP contribution in [-0.4, -0.2) is 74.5 Å². The average Bonchev–Trinajstić information content (AvgIpc) is 2.87. The van der Waals surface area contributed by atoms with Crippen LogP contribution in [0.15, 0.2) is 71.4 Å². The largest absolute Gasteiger partial charge is 0.510 e. The highest BCUT2D eigenvalue weighted by Crippen LogP contribution is 2.29. The third-order valence-electron chi connectivity index (χ3n) is 5.58. The normalized spacial score (nSPS) is 15.9. The molecule has 190 valence electrons. The second-order valence-corrected chi connectivity index (χ2v) is 8.28. The van der Waals surface area contributed by atoms with Gasteiger partial charge in [0.1, 0.15) is 27.0 Å². The van der Waals surface area contributed by atoms with E-state index >= 15 is 0 Å². The summed E-state index contributed by atoms with van der Waals surface area (Å²) in [5.41, 5.74) is 8.71. The number of para-hydroxylation sites is 1. The molecule has 0 amide bonds. The van der Waals surface area contributed by atoms with Crippen molar-refractivity contribution in [2.75, 3.05) is 26.0 Å². The van der Waals surface area contributed by atoms with E-state index in [2.05, 4.69) is 22.5 Å². The van der Waals surface area contributed by atoms with Gasteiger partial charge in [0.05, 0.1) is 12.3 Å². The van der Waals surface area contributed by atoms with Gasteiger partial charge in [-0.3, -0.25) is 9.89 Å². The maximum Gasteiger partial charge on any atom is 0.122 e. The molecule has 3 rings (SSSR count). The van der Waals surface area contributed by atoms with Crippen LogP contribution in [0.25, 0.3) is 5.57 Å². The van der Waals surface area contributed by atoms with E-state index in [0.717, 1.165) is 40.9 Å². The zero-order valence-corrected chi connectivity index (χ0v) is 21.2. The Morgan fingerprint density at radius 3 is 2.56 bits per heavy atom. The van der Waals surface area contributed by atoms with Crippen LogP contribution in [0.1, 0.15) is 31.9 Å². The van der Waals surface area contributed by atoms with Gasteiger partial charge < -0.3 is 20.7 Å². The third kappa shape index (κ3) is 9.21. The van der Waals surface area contributed by atoms with Gasteiger partial charge in [-0.25, -0.2) is 0 Å². The Morgan fingerprint density at radius 1 is 1.25 bits per heavy atom. The SMILES string of the molecule is C.CS.[B]C([B])Oc1cc(/C(C=Nc2ccccc2)=C/N)ccc1CN1CCC=C([C@](C)(O)CO)C1. The Morgan fingerprint density at radius 2 is 1.94 bits per heavy atom. The number of thiol groups is 1. The molecule has 1 heterocycles. The van der Waals surface area contributed by atoms with E-state index < -0.39 is 11.5 Å². The van der Waals surface area contributed by atoms with Gasteiger partial charge in [-0.2, -0.15) is 12.6 Å². The fourth-order valence-corrected chi connectivity index (χ4v) is 3.67. The van der Waals surface area contributed by atoms with E-state index in [1.54, 1.807) is 19.4 Å². The molecule has 4 N–H and O–H groups in total. The lowest BCUT2D eigenvalue weighted by Crippen LogP contribution is -2.40. The molecule has 6 nitrogen and oxygen atoms in total. The Bertz CT molecular complexity index is 1030. The molecule has 0 spiro atoms. The zero-order chi connectivity index (χ0) is 25.8. The van der Waals surface area contributed by atoms with E-state index in [9.17, 15) is 10.2 Å². The van der Waals surface area contributed by atoms with E-state index in [0.29, 0.717) is 18.8 Å². The van der Waals surface area contributed by atoms with Crippen LogP contribution in [0.3, 0.4) is 0 Å². The number of rotatable bonds is 9. The number of hydrogen-bond donors (Lipinski definition) is 4. The monoisotopic (exact) mass is 505 g/mol. The summed E-state index contributed by atoms with van der Waals surface area (Å²) in [7, 11) is 11.4. The first-order valence-corrected chi connectivity index (χ1v) is 12.2. The molecule has 0 bridgehead atoms. The second kappa shape index (κ2) is 15.6. The molecule has 2 aromatic carbocycles. The fourth-order valence-electron chi connectivity index (χ4n) is 3.67. The highest BCUT2D eigenvalue weighted by Gasteiger charge is 2.28. The average molecular weight is 505 g/mol. The van der Waals surface area contributed by atoms with E-state index in [1.807, 2.05) is 54.6 Å². The Hall–Kier alpha value is -2.45. The van der Waals surface area contributed by atoms with Gasteiger partial charge in [0.25, 0.3) is 0 Å². The van der Waals surface area contributed by atoms with Gasteiger partial charge in [-0.1, -0.05) is 43.8 Å². The highest BCUT2D eigenvalue weighted by atomic mass is 32.1. The minimum absolute atomic E-state index is 0. The quantitative estimate of drug-likeness (QED) is 0.182. The summed E-state index contributed by atoms with van der Waals surface area (Å²) in [4.78, 5) is 6.66. The third-order valence-corrected chi connectivity index (χ3v) is 5.58. The first-order valence-electron chi connectivity index (χ1n) is 11.3. The lowest BCUT2D eigenvalue weighted by molar-refractivity contribution is 0.0247. The standard InChI is InChI=1S/C25H29B2N3O3.CH4S.CH4/c1-25(32,17-31)21-6-5-11-30(16-21)15-19-10-9-18(12-23(19)33-24(26)27)20(13-28)14-29-22-7-3-2-4-8-22;1-2;/h2-4,6-10,12-14,24,31-32H,5,11,15-17,28H2,1H3;2H,1H3;1H4/b20-13+,29-14?;;/t25-;;/m1../s1. The number of ether oxygens (including phenoxy) is 1. The van der Waals surface area contributed by atoms with Crippen molar-refractivity contribution >= 4 is 45.8 Å². The van der Waals surface area contributed by atoms with Gasteiger partial charge >= 0.3 is 0 Å². The predicted molar refractivity (Wildman–Crippen MR) is 156 cm³/mol. The number of nitrogens with two attached hydrogens (primary N) is 1. The summed E-state index contributed by atoms with van der Waals surface area (Å²) in [6.45, 7) is 3.23. The van der Waals surface area contributed by atoms with Crippen LogP contribution in [-0.2, 0) is 6.54 Å². The number of aliphatic imine (C=N–C) groups is 1. The molecule has 4 radical (unpaired) electrons. The molecule has 2 aromatic rings. The summed E-state index contributed by atoms with van der Waals surface area (Å²) in [6, 6.07) is 15.3. The summed E-state index contributed by atoms with van der Waals surface area (Å²) in [5.74, 6) is -0.422. The molecule has 0 saturated heterocycles. The van der Waals surface area contributed by atoms with Crippen LogP contribution in [0, 0.1) is 0 Å². The highest BCUT2D eigenvalue weighted by molar-refractivity contribution is 7.79. The van der Waals surface area contributed by atoms with Crippen molar-refractivity contribution in [3.8, 4) is 5.75 Å². The summed E-state index contributed by atoms with van der Waals surface area (Å²) in [6.07, 6.45) is 7.67. The number of aliphatic hydroxyl groups is 2. The van der Waals surface area contributed by atoms with Crippen LogP contribution in [0.4, 0.5) is 5.69 Å². The van der Waals surface area contributed by atoms with Crippen LogP contribution < -0.4 is 10.5 Å².